The van der Waals surface area contributed by atoms with Gasteiger partial charge in [-0.2, -0.15) is 0 Å². The summed E-state index contributed by atoms with van der Waals surface area (Å²) in [5.74, 6) is 1.62. The van der Waals surface area contributed by atoms with Gasteiger partial charge in [0.2, 0.25) is 5.91 Å². The molecular weight excluding hydrogens is 420 g/mol. The van der Waals surface area contributed by atoms with Gasteiger partial charge in [0, 0.05) is 38.8 Å². The number of hydrogen-bond acceptors (Lipinski definition) is 4. The summed E-state index contributed by atoms with van der Waals surface area (Å²) in [5.41, 5.74) is 2.83. The fraction of sp³-hybridized carbons (Fsp3) is 0.615. The Balaban J connectivity index is 1.55. The first-order valence-corrected chi connectivity index (χ1v) is 12.3. The number of nitrogens with one attached hydrogen (secondary N) is 2. The zero-order valence-electron chi connectivity index (χ0n) is 20.2. The van der Waals surface area contributed by atoms with Crippen LogP contribution in [0.5, 0.6) is 0 Å². The third-order valence-electron chi connectivity index (χ3n) is 6.74. The van der Waals surface area contributed by atoms with Crippen LogP contribution >= 0.6 is 11.6 Å². The Hall–Kier alpha value is -1.69. The Morgan fingerprint density at radius 3 is 2.69 bits per heavy atom. The van der Waals surface area contributed by atoms with E-state index in [1.165, 1.54) is 18.9 Å². The second-order valence-corrected chi connectivity index (χ2v) is 10.9. The highest BCUT2D eigenvalue weighted by molar-refractivity contribution is 6.22. The van der Waals surface area contributed by atoms with Gasteiger partial charge in [-0.3, -0.25) is 4.79 Å². The number of hydrogen-bond donors (Lipinski definition) is 2. The number of piperidine rings is 1. The predicted octanol–water partition coefficient (Wildman–Crippen LogP) is 5.00. The number of nitrogens with zero attached hydrogens (tertiary/aromatic N) is 2. The second-order valence-electron chi connectivity index (χ2n) is 10.3. The molecule has 3 atom stereocenters. The molecule has 1 unspecified atom stereocenters. The molecule has 2 heterocycles. The minimum Gasteiger partial charge on any atom is -0.311 e. The molecule has 1 aromatic heterocycles. The van der Waals surface area contributed by atoms with Crippen LogP contribution in [0.2, 0.25) is 0 Å². The quantitative estimate of drug-likeness (QED) is 0.538. The minimum absolute atomic E-state index is 0.103. The van der Waals surface area contributed by atoms with Gasteiger partial charge in [0.1, 0.15) is 5.82 Å². The lowest BCUT2D eigenvalue weighted by atomic mass is 9.69. The number of likely N-dealkylation sites (tertiary alicyclic amines) is 1. The maximum atomic E-state index is 11.2. The van der Waals surface area contributed by atoms with Crippen molar-refractivity contribution in [2.24, 2.45) is 17.3 Å². The van der Waals surface area contributed by atoms with Gasteiger partial charge in [0.05, 0.1) is 5.38 Å². The number of carbonyl (C=O) groups excluding carboxylic acids is 1. The topological polar surface area (TPSA) is 57.3 Å². The van der Waals surface area contributed by atoms with E-state index in [4.69, 9.17) is 11.6 Å². The molecule has 2 aliphatic rings. The van der Waals surface area contributed by atoms with E-state index in [0.717, 1.165) is 38.2 Å². The van der Waals surface area contributed by atoms with Crippen LogP contribution in [0.4, 0.5) is 5.82 Å². The van der Waals surface area contributed by atoms with E-state index in [2.05, 4.69) is 66.4 Å². The average Bonchev–Trinajstić information content (AvgIpc) is 2.72. The Labute approximate surface area is 198 Å². The van der Waals surface area contributed by atoms with Gasteiger partial charge in [-0.05, 0) is 53.8 Å². The lowest BCUT2D eigenvalue weighted by Crippen LogP contribution is -2.51. The van der Waals surface area contributed by atoms with Gasteiger partial charge in [-0.25, -0.2) is 4.98 Å². The van der Waals surface area contributed by atoms with Gasteiger partial charge in [0.25, 0.3) is 0 Å². The van der Waals surface area contributed by atoms with Crippen molar-refractivity contribution in [2.45, 2.75) is 65.4 Å². The van der Waals surface area contributed by atoms with Gasteiger partial charge >= 0.3 is 0 Å². The highest BCUT2D eigenvalue weighted by Crippen LogP contribution is 2.41. The van der Waals surface area contributed by atoms with Gasteiger partial charge < -0.3 is 15.5 Å². The summed E-state index contributed by atoms with van der Waals surface area (Å²) in [7, 11) is 0. The zero-order valence-corrected chi connectivity index (χ0v) is 21.0. The molecule has 0 bridgehead atoms. The molecule has 0 saturated carbocycles. The van der Waals surface area contributed by atoms with Crippen LogP contribution in [-0.2, 0) is 11.3 Å². The number of pyridine rings is 1. The molecule has 0 spiro atoms. The van der Waals surface area contributed by atoms with Crippen molar-refractivity contribution >= 4 is 23.3 Å². The van der Waals surface area contributed by atoms with E-state index in [0.29, 0.717) is 23.7 Å². The predicted molar refractivity (Wildman–Crippen MR) is 134 cm³/mol. The van der Waals surface area contributed by atoms with Crippen molar-refractivity contribution < 1.29 is 4.79 Å². The molecule has 1 aliphatic carbocycles. The number of rotatable bonds is 8. The van der Waals surface area contributed by atoms with Crippen LogP contribution in [0.1, 0.15) is 53.0 Å². The maximum Gasteiger partial charge on any atom is 0.222 e. The monoisotopic (exact) mass is 458 g/mol. The van der Waals surface area contributed by atoms with Crippen molar-refractivity contribution in [3.63, 3.8) is 0 Å². The van der Waals surface area contributed by atoms with Crippen molar-refractivity contribution in [1.29, 1.82) is 0 Å². The summed E-state index contributed by atoms with van der Waals surface area (Å²) in [6.45, 7) is 14.9. The molecular formula is C26H39ClN4O. The number of carbonyl (C=O) groups is 1. The maximum absolute atomic E-state index is 11.2. The van der Waals surface area contributed by atoms with Crippen LogP contribution < -0.4 is 10.6 Å². The highest BCUT2D eigenvalue weighted by Gasteiger charge is 2.38. The van der Waals surface area contributed by atoms with Crippen LogP contribution in [0.25, 0.3) is 0 Å². The molecule has 32 heavy (non-hydrogen) atoms. The third kappa shape index (κ3) is 6.90. The van der Waals surface area contributed by atoms with Gasteiger partial charge in [-0.15, -0.1) is 11.6 Å². The van der Waals surface area contributed by atoms with Gasteiger partial charge in [0.15, 0.2) is 0 Å². The normalized spacial score (nSPS) is 24.3. The Morgan fingerprint density at radius 2 is 2.12 bits per heavy atom. The summed E-state index contributed by atoms with van der Waals surface area (Å²) in [6, 6.07) is 4.29. The first-order chi connectivity index (χ1) is 15.1. The average molecular weight is 459 g/mol. The molecule has 6 heteroatoms. The number of aromatic nitrogens is 1. The molecule has 2 N–H and O–H groups in total. The summed E-state index contributed by atoms with van der Waals surface area (Å²) >= 11 is 6.24. The molecule has 1 saturated heterocycles. The number of anilines is 1. The van der Waals surface area contributed by atoms with E-state index in [9.17, 15) is 4.79 Å². The molecule has 0 aromatic carbocycles. The molecule has 3 rings (SSSR count). The van der Waals surface area contributed by atoms with Crippen LogP contribution in [0.15, 0.2) is 42.1 Å². The molecule has 1 amide bonds. The fourth-order valence-corrected chi connectivity index (χ4v) is 5.09. The first kappa shape index (κ1) is 24.9. The highest BCUT2D eigenvalue weighted by atomic mass is 35.5. The summed E-state index contributed by atoms with van der Waals surface area (Å²) in [4.78, 5) is 18.1. The van der Waals surface area contributed by atoms with E-state index in [1.54, 1.807) is 0 Å². The number of halogens is 1. The Morgan fingerprint density at radius 1 is 1.34 bits per heavy atom. The van der Waals surface area contributed by atoms with E-state index >= 15 is 0 Å². The third-order valence-corrected chi connectivity index (χ3v) is 7.07. The molecule has 1 aliphatic heterocycles. The minimum atomic E-state index is -0.103. The van der Waals surface area contributed by atoms with Gasteiger partial charge in [-0.1, -0.05) is 52.0 Å². The van der Waals surface area contributed by atoms with Crippen LogP contribution in [-0.4, -0.2) is 46.8 Å². The Kier molecular flexibility index (Phi) is 8.54. The first-order valence-electron chi connectivity index (χ1n) is 11.8. The lowest BCUT2D eigenvalue weighted by molar-refractivity contribution is -0.114. The van der Waals surface area contributed by atoms with Crippen molar-refractivity contribution in [3.8, 4) is 0 Å². The summed E-state index contributed by atoms with van der Waals surface area (Å²) in [6.07, 6.45) is 10.7. The van der Waals surface area contributed by atoms with Crippen molar-refractivity contribution in [3.05, 3.63) is 47.7 Å². The zero-order chi connectivity index (χ0) is 23.3. The SMILES string of the molecule is CC(=O)Nc1ccc(CN[C@@H](CN2CC[C@H](C3=CCC(Cl)C=C3)C(C)(C)C2)C(C)C)cn1. The summed E-state index contributed by atoms with van der Waals surface area (Å²) in [5, 5.41) is 6.61. The van der Waals surface area contributed by atoms with E-state index in [1.807, 2.05) is 18.3 Å². The standard InChI is InChI=1S/C26H39ClN4O/c1-18(2)24(28-14-20-6-11-25(29-15-20)30-19(3)32)16-31-13-12-23(26(4,5)17-31)21-7-9-22(27)10-8-21/h6-9,11,15,18,22-24,28H,10,12-14,16-17H2,1-5H3,(H,29,30,32)/t22?,23-,24+/m1/s1. The largest absolute Gasteiger partial charge is 0.311 e. The molecule has 1 fully saturated rings. The smallest absolute Gasteiger partial charge is 0.222 e. The summed E-state index contributed by atoms with van der Waals surface area (Å²) < 4.78 is 0. The molecule has 176 valence electrons. The van der Waals surface area contributed by atoms with E-state index < -0.39 is 0 Å². The van der Waals surface area contributed by atoms with Crippen molar-refractivity contribution in [1.82, 2.24) is 15.2 Å². The fourth-order valence-electron chi connectivity index (χ4n) is 4.93. The number of allylic oxidation sites excluding steroid dienone is 4. The number of alkyl halides is 1. The molecule has 5 nitrogen and oxygen atoms in total. The molecule has 1 aromatic rings. The number of amides is 1. The van der Waals surface area contributed by atoms with E-state index in [-0.39, 0.29) is 16.7 Å². The Bertz CT molecular complexity index is 831. The lowest BCUT2D eigenvalue weighted by Gasteiger charge is -2.46. The van der Waals surface area contributed by atoms with Crippen LogP contribution in [0.3, 0.4) is 0 Å². The van der Waals surface area contributed by atoms with Crippen LogP contribution in [0, 0.1) is 17.3 Å². The second kappa shape index (κ2) is 11.0. The molecule has 0 radical (unpaired) electrons. The van der Waals surface area contributed by atoms with Crippen molar-refractivity contribution in [2.75, 3.05) is 25.0 Å².